The van der Waals surface area contributed by atoms with Crippen LogP contribution in [0.25, 0.3) is 0 Å². The van der Waals surface area contributed by atoms with Gasteiger partial charge in [0.15, 0.2) is 0 Å². The number of anilines is 1. The Hall–Kier alpha value is -2.04. The number of urea groups is 1. The highest BCUT2D eigenvalue weighted by Gasteiger charge is 2.24. The Morgan fingerprint density at radius 1 is 1.24 bits per heavy atom. The normalized spacial score (nSPS) is 12.6. The van der Waals surface area contributed by atoms with Gasteiger partial charge in [0.05, 0.1) is 0 Å². The molecule has 0 saturated heterocycles. The van der Waals surface area contributed by atoms with Crippen molar-refractivity contribution in [2.45, 2.75) is 45.6 Å². The van der Waals surface area contributed by atoms with E-state index in [2.05, 4.69) is 26.1 Å². The van der Waals surface area contributed by atoms with E-state index in [1.807, 2.05) is 24.3 Å². The largest absolute Gasteiger partial charge is 0.480 e. The third-order valence-corrected chi connectivity index (χ3v) is 3.46. The molecule has 0 bridgehead atoms. The molecule has 0 saturated carbocycles. The molecule has 1 rings (SSSR count). The highest BCUT2D eigenvalue weighted by Crippen LogP contribution is 2.23. The van der Waals surface area contributed by atoms with Crippen molar-refractivity contribution in [3.05, 3.63) is 29.8 Å². The van der Waals surface area contributed by atoms with Gasteiger partial charge in [0.2, 0.25) is 0 Å². The van der Waals surface area contributed by atoms with Gasteiger partial charge in [-0.2, -0.15) is 0 Å². The Balaban J connectivity index is 2.77. The van der Waals surface area contributed by atoms with Crippen LogP contribution < -0.4 is 5.32 Å². The number of hydrogen-bond acceptors (Lipinski definition) is 2. The summed E-state index contributed by atoms with van der Waals surface area (Å²) in [6, 6.07) is 6.34. The number of carboxylic acid groups (broad SMARTS) is 1. The second kappa shape index (κ2) is 6.61. The van der Waals surface area contributed by atoms with E-state index in [0.29, 0.717) is 12.1 Å². The summed E-state index contributed by atoms with van der Waals surface area (Å²) in [6.07, 6.45) is 0.363. The minimum Gasteiger partial charge on any atom is -0.480 e. The van der Waals surface area contributed by atoms with Crippen LogP contribution in [0.2, 0.25) is 0 Å². The van der Waals surface area contributed by atoms with Crippen molar-refractivity contribution in [3.8, 4) is 0 Å². The number of benzene rings is 1. The number of likely N-dealkylation sites (N-methyl/N-ethyl adjacent to an activating group) is 1. The van der Waals surface area contributed by atoms with Crippen LogP contribution in [-0.4, -0.2) is 35.1 Å². The molecule has 0 aromatic heterocycles. The highest BCUT2D eigenvalue weighted by atomic mass is 16.4. The maximum atomic E-state index is 12.1. The Morgan fingerprint density at radius 2 is 1.76 bits per heavy atom. The van der Waals surface area contributed by atoms with Gasteiger partial charge in [-0.1, -0.05) is 39.8 Å². The van der Waals surface area contributed by atoms with Crippen LogP contribution >= 0.6 is 0 Å². The van der Waals surface area contributed by atoms with Crippen molar-refractivity contribution < 1.29 is 14.7 Å². The quantitative estimate of drug-likeness (QED) is 0.894. The SMILES string of the molecule is CCC(C(=O)O)N(C)C(=O)Nc1ccc(C(C)(C)C)cc1. The molecule has 1 atom stereocenters. The molecule has 5 heteroatoms. The number of nitrogens with zero attached hydrogens (tertiary/aromatic N) is 1. The van der Waals surface area contributed by atoms with E-state index in [-0.39, 0.29) is 5.41 Å². The molecule has 2 amide bonds. The summed E-state index contributed by atoms with van der Waals surface area (Å²) < 4.78 is 0. The number of carboxylic acids is 1. The summed E-state index contributed by atoms with van der Waals surface area (Å²) >= 11 is 0. The average molecular weight is 292 g/mol. The lowest BCUT2D eigenvalue weighted by atomic mass is 9.87. The number of rotatable bonds is 4. The Morgan fingerprint density at radius 3 is 2.14 bits per heavy atom. The summed E-state index contributed by atoms with van der Waals surface area (Å²) in [5, 5.41) is 11.8. The first kappa shape index (κ1) is 17.0. The molecule has 1 unspecified atom stereocenters. The summed E-state index contributed by atoms with van der Waals surface area (Å²) in [5.74, 6) is -1.00. The van der Waals surface area contributed by atoms with E-state index in [1.165, 1.54) is 17.5 Å². The fourth-order valence-corrected chi connectivity index (χ4v) is 2.02. The van der Waals surface area contributed by atoms with E-state index in [1.54, 1.807) is 6.92 Å². The van der Waals surface area contributed by atoms with Gasteiger partial charge in [0.25, 0.3) is 0 Å². The maximum Gasteiger partial charge on any atom is 0.326 e. The first-order valence-electron chi connectivity index (χ1n) is 7.04. The van der Waals surface area contributed by atoms with E-state index < -0.39 is 18.0 Å². The number of aliphatic carboxylic acids is 1. The molecule has 116 valence electrons. The van der Waals surface area contributed by atoms with Crippen LogP contribution in [0, 0.1) is 0 Å². The number of hydrogen-bond donors (Lipinski definition) is 2. The molecule has 0 fully saturated rings. The van der Waals surface area contributed by atoms with Crippen LogP contribution in [0.1, 0.15) is 39.7 Å². The zero-order valence-electron chi connectivity index (χ0n) is 13.3. The molecule has 0 radical (unpaired) electrons. The molecular weight excluding hydrogens is 268 g/mol. The van der Waals surface area contributed by atoms with E-state index >= 15 is 0 Å². The topological polar surface area (TPSA) is 69.6 Å². The van der Waals surface area contributed by atoms with Gasteiger partial charge in [0, 0.05) is 12.7 Å². The van der Waals surface area contributed by atoms with Crippen molar-refractivity contribution in [1.82, 2.24) is 4.90 Å². The molecule has 0 spiro atoms. The van der Waals surface area contributed by atoms with Crippen molar-refractivity contribution in [2.24, 2.45) is 0 Å². The smallest absolute Gasteiger partial charge is 0.326 e. The second-order valence-electron chi connectivity index (χ2n) is 6.13. The molecule has 0 aliphatic rings. The summed E-state index contributed by atoms with van der Waals surface area (Å²) in [5.41, 5.74) is 1.88. The number of nitrogens with one attached hydrogen (secondary N) is 1. The van der Waals surface area contributed by atoms with Gasteiger partial charge in [-0.15, -0.1) is 0 Å². The molecule has 1 aromatic rings. The summed E-state index contributed by atoms with van der Waals surface area (Å²) in [7, 11) is 1.49. The number of amides is 2. The van der Waals surface area contributed by atoms with Gasteiger partial charge < -0.3 is 15.3 Å². The molecule has 2 N–H and O–H groups in total. The number of carbonyl (C=O) groups excluding carboxylic acids is 1. The molecule has 1 aromatic carbocycles. The molecule has 0 aliphatic carbocycles. The lowest BCUT2D eigenvalue weighted by Crippen LogP contribution is -2.44. The first-order chi connectivity index (χ1) is 9.66. The van der Waals surface area contributed by atoms with Crippen molar-refractivity contribution >= 4 is 17.7 Å². The third kappa shape index (κ3) is 4.48. The minimum absolute atomic E-state index is 0.0515. The maximum absolute atomic E-state index is 12.1. The third-order valence-electron chi connectivity index (χ3n) is 3.46. The summed E-state index contributed by atoms with van der Waals surface area (Å²) in [4.78, 5) is 24.3. The van der Waals surface area contributed by atoms with Crippen LogP contribution in [0.5, 0.6) is 0 Å². The zero-order valence-corrected chi connectivity index (χ0v) is 13.3. The predicted octanol–water partition coefficient (Wildman–Crippen LogP) is 3.31. The van der Waals surface area contributed by atoms with Gasteiger partial charge in [0.1, 0.15) is 6.04 Å². The van der Waals surface area contributed by atoms with Crippen LogP contribution in [-0.2, 0) is 10.2 Å². The van der Waals surface area contributed by atoms with Crippen LogP contribution in [0.4, 0.5) is 10.5 Å². The van der Waals surface area contributed by atoms with Gasteiger partial charge in [-0.25, -0.2) is 9.59 Å². The average Bonchev–Trinajstić information content (AvgIpc) is 2.38. The fraction of sp³-hybridized carbons (Fsp3) is 0.500. The molecular formula is C16H24N2O3. The Labute approximate surface area is 126 Å². The zero-order chi connectivity index (χ0) is 16.2. The standard InChI is InChI=1S/C16H24N2O3/c1-6-13(14(19)20)18(5)15(21)17-12-9-7-11(8-10-12)16(2,3)4/h7-10,13H,6H2,1-5H3,(H,17,21)(H,19,20). The van der Waals surface area contributed by atoms with Crippen LogP contribution in [0.15, 0.2) is 24.3 Å². The molecule has 5 nitrogen and oxygen atoms in total. The van der Waals surface area contributed by atoms with E-state index in [4.69, 9.17) is 5.11 Å². The van der Waals surface area contributed by atoms with Crippen molar-refractivity contribution in [3.63, 3.8) is 0 Å². The Kier molecular flexibility index (Phi) is 5.35. The van der Waals surface area contributed by atoms with E-state index in [0.717, 1.165) is 0 Å². The summed E-state index contributed by atoms with van der Waals surface area (Å²) in [6.45, 7) is 8.09. The van der Waals surface area contributed by atoms with Crippen molar-refractivity contribution in [1.29, 1.82) is 0 Å². The molecule has 0 aliphatic heterocycles. The lowest BCUT2D eigenvalue weighted by Gasteiger charge is -2.24. The Bertz CT molecular complexity index is 503. The van der Waals surface area contributed by atoms with E-state index in [9.17, 15) is 9.59 Å². The highest BCUT2D eigenvalue weighted by molar-refractivity contribution is 5.92. The second-order valence-corrected chi connectivity index (χ2v) is 6.13. The number of carbonyl (C=O) groups is 2. The first-order valence-corrected chi connectivity index (χ1v) is 7.04. The van der Waals surface area contributed by atoms with Gasteiger partial charge in [-0.3, -0.25) is 0 Å². The predicted molar refractivity (Wildman–Crippen MR) is 83.6 cm³/mol. The van der Waals surface area contributed by atoms with Gasteiger partial charge >= 0.3 is 12.0 Å². The van der Waals surface area contributed by atoms with Crippen molar-refractivity contribution in [2.75, 3.05) is 12.4 Å². The van der Waals surface area contributed by atoms with Gasteiger partial charge in [-0.05, 0) is 29.5 Å². The monoisotopic (exact) mass is 292 g/mol. The molecule has 0 heterocycles. The minimum atomic E-state index is -1.00. The fourth-order valence-electron chi connectivity index (χ4n) is 2.02. The van der Waals surface area contributed by atoms with Crippen LogP contribution in [0.3, 0.4) is 0 Å². The molecule has 21 heavy (non-hydrogen) atoms. The lowest BCUT2D eigenvalue weighted by molar-refractivity contribution is -0.141.